The van der Waals surface area contributed by atoms with Gasteiger partial charge in [0.15, 0.2) is 0 Å². The third-order valence-corrected chi connectivity index (χ3v) is 6.22. The van der Waals surface area contributed by atoms with E-state index in [-0.39, 0.29) is 22.7 Å². The average Bonchev–Trinajstić information content (AvgIpc) is 3.16. The highest BCUT2D eigenvalue weighted by Crippen LogP contribution is 2.46. The van der Waals surface area contributed by atoms with Crippen LogP contribution in [-0.2, 0) is 9.53 Å². The molecule has 0 N–H and O–H groups in total. The molecule has 4 heterocycles. The first kappa shape index (κ1) is 14.3. The van der Waals surface area contributed by atoms with Crippen LogP contribution < -0.4 is 4.74 Å². The number of rotatable bonds is 3. The van der Waals surface area contributed by atoms with E-state index in [2.05, 4.69) is 4.98 Å². The Bertz CT molecular complexity index is 542. The Balaban J connectivity index is 1.29. The predicted octanol–water partition coefficient (Wildman–Crippen LogP) is 1.58. The predicted molar refractivity (Wildman–Crippen MR) is 84.0 cm³/mol. The molecular weight excluding hydrogens is 300 g/mol. The molecule has 0 bridgehead atoms. The van der Waals surface area contributed by atoms with Crippen molar-refractivity contribution in [1.29, 1.82) is 0 Å². The molecule has 3 saturated heterocycles. The van der Waals surface area contributed by atoms with Gasteiger partial charge in [-0.05, 0) is 12.5 Å². The van der Waals surface area contributed by atoms with E-state index in [9.17, 15) is 4.79 Å². The van der Waals surface area contributed by atoms with Crippen LogP contribution in [0.25, 0.3) is 0 Å². The number of likely N-dealkylation sites (tertiary alicyclic amines) is 1. The maximum atomic E-state index is 12.3. The van der Waals surface area contributed by atoms with Crippen LogP contribution in [0.5, 0.6) is 5.88 Å². The molecular formula is C16H20N2O3S. The van der Waals surface area contributed by atoms with E-state index in [0.29, 0.717) is 12.5 Å². The van der Waals surface area contributed by atoms with Gasteiger partial charge in [-0.3, -0.25) is 4.79 Å². The third kappa shape index (κ3) is 2.70. The van der Waals surface area contributed by atoms with Crippen LogP contribution in [0.1, 0.15) is 12.8 Å². The molecule has 4 rings (SSSR count). The number of aromatic nitrogens is 1. The molecule has 3 fully saturated rings. The molecule has 3 aliphatic heterocycles. The summed E-state index contributed by atoms with van der Waals surface area (Å²) in [6, 6.07) is 5.72. The van der Waals surface area contributed by atoms with Gasteiger partial charge in [0.05, 0.1) is 17.3 Å². The summed E-state index contributed by atoms with van der Waals surface area (Å²) >= 11 is 1.94. The van der Waals surface area contributed by atoms with Crippen molar-refractivity contribution in [3.8, 4) is 5.88 Å². The first-order chi connectivity index (χ1) is 10.7. The molecule has 1 aromatic rings. The molecule has 1 amide bonds. The van der Waals surface area contributed by atoms with Crippen LogP contribution in [-0.4, -0.2) is 58.7 Å². The largest absolute Gasteiger partial charge is 0.473 e. The number of thioether (sulfide) groups is 1. The molecule has 1 aromatic heterocycles. The van der Waals surface area contributed by atoms with Crippen molar-refractivity contribution in [3.05, 3.63) is 24.4 Å². The first-order valence-corrected chi connectivity index (χ1v) is 8.81. The smallest absolute Gasteiger partial charge is 0.228 e. The Morgan fingerprint density at radius 2 is 2.36 bits per heavy atom. The Morgan fingerprint density at radius 1 is 1.45 bits per heavy atom. The van der Waals surface area contributed by atoms with Crippen molar-refractivity contribution in [1.82, 2.24) is 9.88 Å². The van der Waals surface area contributed by atoms with Gasteiger partial charge < -0.3 is 14.4 Å². The highest BCUT2D eigenvalue weighted by atomic mass is 32.2. The molecule has 3 aliphatic rings. The summed E-state index contributed by atoms with van der Waals surface area (Å²) in [4.78, 5) is 18.6. The Morgan fingerprint density at radius 3 is 3.09 bits per heavy atom. The zero-order valence-corrected chi connectivity index (χ0v) is 13.3. The Hall–Kier alpha value is -1.27. The van der Waals surface area contributed by atoms with Crippen LogP contribution in [0.2, 0.25) is 0 Å². The molecule has 6 heteroatoms. The zero-order valence-electron chi connectivity index (χ0n) is 12.4. The van der Waals surface area contributed by atoms with Crippen molar-refractivity contribution >= 4 is 17.7 Å². The van der Waals surface area contributed by atoms with Gasteiger partial charge in [0.1, 0.15) is 6.10 Å². The minimum atomic E-state index is 0.0873. The number of pyridine rings is 1. The van der Waals surface area contributed by atoms with Crippen molar-refractivity contribution in [2.75, 3.05) is 32.1 Å². The second-order valence-electron chi connectivity index (χ2n) is 6.36. The molecule has 22 heavy (non-hydrogen) atoms. The van der Waals surface area contributed by atoms with Gasteiger partial charge in [-0.1, -0.05) is 6.07 Å². The summed E-state index contributed by atoms with van der Waals surface area (Å²) in [5.74, 6) is 2.04. The molecule has 1 spiro atoms. The molecule has 0 aromatic carbocycles. The fraction of sp³-hybridized carbons (Fsp3) is 0.625. The fourth-order valence-corrected chi connectivity index (χ4v) is 5.00. The van der Waals surface area contributed by atoms with E-state index < -0.39 is 0 Å². The van der Waals surface area contributed by atoms with Crippen molar-refractivity contribution < 1.29 is 14.3 Å². The Kier molecular flexibility index (Phi) is 3.74. The minimum absolute atomic E-state index is 0.0873. The van der Waals surface area contributed by atoms with Gasteiger partial charge >= 0.3 is 0 Å². The number of amides is 1. The summed E-state index contributed by atoms with van der Waals surface area (Å²) in [6.07, 6.45) is 3.83. The summed E-state index contributed by atoms with van der Waals surface area (Å²) in [6.45, 7) is 3.04. The maximum Gasteiger partial charge on any atom is 0.228 e. The third-order valence-electron chi connectivity index (χ3n) is 4.65. The van der Waals surface area contributed by atoms with Crippen molar-refractivity contribution in [2.45, 2.75) is 23.7 Å². The maximum absolute atomic E-state index is 12.3. The number of ether oxygens (including phenoxy) is 2. The van der Waals surface area contributed by atoms with Gasteiger partial charge in [-0.15, -0.1) is 11.8 Å². The average molecular weight is 320 g/mol. The van der Waals surface area contributed by atoms with E-state index >= 15 is 0 Å². The van der Waals surface area contributed by atoms with Crippen molar-refractivity contribution in [2.24, 2.45) is 5.92 Å². The summed E-state index contributed by atoms with van der Waals surface area (Å²) < 4.78 is 11.5. The second-order valence-corrected chi connectivity index (χ2v) is 7.85. The number of hydrogen-bond acceptors (Lipinski definition) is 5. The van der Waals surface area contributed by atoms with Gasteiger partial charge in [0, 0.05) is 44.1 Å². The lowest BCUT2D eigenvalue weighted by Gasteiger charge is -2.48. The molecule has 118 valence electrons. The van der Waals surface area contributed by atoms with Gasteiger partial charge in [0.25, 0.3) is 0 Å². The SMILES string of the molecule is O=C([C@@H]1CCOC1)N1CC2(C[C@@H](Oc3ccccn3)CS2)C1. The molecule has 2 atom stereocenters. The van der Waals surface area contributed by atoms with E-state index in [4.69, 9.17) is 9.47 Å². The standard InChI is InChI=1S/C16H20N2O3S/c19-15(12-4-6-20-8-12)18-10-16(11-18)7-13(9-22-16)21-14-3-1-2-5-17-14/h1-3,5,12-13H,4,6-11H2/t12-,13-/m1/s1. The molecule has 0 radical (unpaired) electrons. The fourth-order valence-electron chi connectivity index (χ4n) is 3.48. The van der Waals surface area contributed by atoms with Crippen LogP contribution in [0.15, 0.2) is 24.4 Å². The number of hydrogen-bond donors (Lipinski definition) is 0. The lowest BCUT2D eigenvalue weighted by atomic mass is 9.91. The summed E-state index contributed by atoms with van der Waals surface area (Å²) in [5.41, 5.74) is 0. The van der Waals surface area contributed by atoms with E-state index in [1.54, 1.807) is 6.20 Å². The van der Waals surface area contributed by atoms with Gasteiger partial charge in [-0.25, -0.2) is 4.98 Å². The number of carbonyl (C=O) groups is 1. The Labute approximate surface area is 134 Å². The topological polar surface area (TPSA) is 51.7 Å². The minimum Gasteiger partial charge on any atom is -0.473 e. The van der Waals surface area contributed by atoms with E-state index in [0.717, 1.165) is 38.3 Å². The van der Waals surface area contributed by atoms with E-state index in [1.165, 1.54) is 0 Å². The van der Waals surface area contributed by atoms with Crippen molar-refractivity contribution in [3.63, 3.8) is 0 Å². The molecule has 0 saturated carbocycles. The first-order valence-electron chi connectivity index (χ1n) is 7.82. The van der Waals surface area contributed by atoms with Gasteiger partial charge in [-0.2, -0.15) is 0 Å². The van der Waals surface area contributed by atoms with Crippen LogP contribution in [0.3, 0.4) is 0 Å². The highest BCUT2D eigenvalue weighted by molar-refractivity contribution is 8.01. The normalized spacial score (nSPS) is 29.5. The number of carbonyl (C=O) groups excluding carboxylic acids is 1. The second kappa shape index (κ2) is 5.74. The highest BCUT2D eigenvalue weighted by Gasteiger charge is 2.52. The van der Waals surface area contributed by atoms with Crippen LogP contribution >= 0.6 is 11.8 Å². The summed E-state index contributed by atoms with van der Waals surface area (Å²) in [5, 5.41) is 0. The molecule has 5 nitrogen and oxygen atoms in total. The lowest BCUT2D eigenvalue weighted by molar-refractivity contribution is -0.141. The lowest BCUT2D eigenvalue weighted by Crippen LogP contribution is -2.62. The quantitative estimate of drug-likeness (QED) is 0.846. The van der Waals surface area contributed by atoms with Crippen LogP contribution in [0, 0.1) is 5.92 Å². The molecule has 0 aliphatic carbocycles. The van der Waals surface area contributed by atoms with E-state index in [1.807, 2.05) is 34.9 Å². The monoisotopic (exact) mass is 320 g/mol. The van der Waals surface area contributed by atoms with Crippen LogP contribution in [0.4, 0.5) is 0 Å². The summed E-state index contributed by atoms with van der Waals surface area (Å²) in [7, 11) is 0. The molecule has 0 unspecified atom stereocenters. The van der Waals surface area contributed by atoms with Gasteiger partial charge in [0.2, 0.25) is 11.8 Å². The zero-order chi connectivity index (χ0) is 15.0. The number of nitrogens with zero attached hydrogens (tertiary/aromatic N) is 2.